The Morgan fingerprint density at radius 1 is 0.814 bits per heavy atom. The third-order valence-corrected chi connectivity index (χ3v) is 13.0. The molecule has 4 heterocycles. The van der Waals surface area contributed by atoms with Crippen LogP contribution in [0.1, 0.15) is 58.3 Å². The molecule has 0 aliphatic carbocycles. The number of aromatic amines is 1. The van der Waals surface area contributed by atoms with E-state index in [0.717, 1.165) is 24.6 Å². The number of ether oxygens (including phenoxy) is 5. The lowest BCUT2D eigenvalue weighted by molar-refractivity contribution is -0.178. The van der Waals surface area contributed by atoms with E-state index < -0.39 is 77.3 Å². The molecule has 6 unspecified atom stereocenters. The van der Waals surface area contributed by atoms with Crippen molar-refractivity contribution in [2.45, 2.75) is 42.6 Å². The lowest BCUT2D eigenvalue weighted by Crippen LogP contribution is -2.55. The van der Waals surface area contributed by atoms with Crippen LogP contribution in [0.25, 0.3) is 11.0 Å². The molecule has 17 nitrogen and oxygen atoms in total. The first-order valence-corrected chi connectivity index (χ1v) is 22.4. The highest BCUT2D eigenvalue weighted by Gasteiger charge is 2.75. The molecule has 356 valence electrons. The van der Waals surface area contributed by atoms with Crippen LogP contribution in [-0.2, 0) is 59.6 Å². The monoisotopic (exact) mass is 945 g/mol. The van der Waals surface area contributed by atoms with E-state index in [4.69, 9.17) is 23.7 Å². The summed E-state index contributed by atoms with van der Waals surface area (Å²) in [5, 5.41) is 13.7. The first kappa shape index (κ1) is 46.8. The number of carbonyl (C=O) groups is 6. The highest BCUT2D eigenvalue weighted by molar-refractivity contribution is 6.23. The van der Waals surface area contributed by atoms with Crippen molar-refractivity contribution in [1.29, 1.82) is 0 Å². The summed E-state index contributed by atoms with van der Waals surface area (Å²) in [6.45, 7) is -0.384. The number of imide groups is 1. The maximum absolute atomic E-state index is 16.3. The molecule has 1 aromatic heterocycles. The first-order chi connectivity index (χ1) is 34.0. The molecule has 70 heavy (non-hydrogen) atoms. The van der Waals surface area contributed by atoms with Crippen molar-refractivity contribution < 1.29 is 57.6 Å². The summed E-state index contributed by atoms with van der Waals surface area (Å²) >= 11 is 0. The number of hydrogen-bond acceptors (Lipinski definition) is 14. The van der Waals surface area contributed by atoms with E-state index in [1.807, 2.05) is 89.8 Å². The van der Waals surface area contributed by atoms with Crippen LogP contribution in [0.3, 0.4) is 0 Å². The summed E-state index contributed by atoms with van der Waals surface area (Å²) in [6, 6.07) is 32.8. The molecule has 2 fully saturated rings. The summed E-state index contributed by atoms with van der Waals surface area (Å²) < 4.78 is 27.0. The predicted octanol–water partition coefficient (Wildman–Crippen LogP) is 5.74. The van der Waals surface area contributed by atoms with E-state index in [0.29, 0.717) is 28.0 Å². The van der Waals surface area contributed by atoms with E-state index in [2.05, 4.69) is 27.1 Å². The number of rotatable bonds is 12. The van der Waals surface area contributed by atoms with E-state index in [-0.39, 0.29) is 48.7 Å². The number of para-hydroxylation sites is 2. The maximum atomic E-state index is 16.3. The summed E-state index contributed by atoms with van der Waals surface area (Å²) in [5.41, 5.74) is 1.36. The van der Waals surface area contributed by atoms with Gasteiger partial charge in [-0.25, -0.2) is 14.7 Å². The van der Waals surface area contributed by atoms with Crippen LogP contribution >= 0.6 is 0 Å². The third-order valence-electron chi connectivity index (χ3n) is 13.0. The first-order valence-electron chi connectivity index (χ1n) is 22.4. The van der Waals surface area contributed by atoms with Gasteiger partial charge in [0.2, 0.25) is 11.8 Å². The molecule has 3 N–H and O–H groups in total. The molecule has 5 aromatic carbocycles. The number of nitrogens with one attached hydrogen (secondary N) is 2. The number of aromatic hydroxyl groups is 1. The number of cyclic esters (lactones) is 1. The number of benzene rings is 5. The maximum Gasteiger partial charge on any atom is 0.421 e. The molecule has 6 atom stereocenters. The van der Waals surface area contributed by atoms with Gasteiger partial charge in [0.05, 0.1) is 62.1 Å². The number of phenolic OH excluding ortho intramolecular Hbond substituents is 1. The Balaban J connectivity index is 1.30. The molecule has 6 aromatic rings. The number of fused-ring (bicyclic) bond motifs is 4. The lowest BCUT2D eigenvalue weighted by Gasteiger charge is -2.46. The van der Waals surface area contributed by atoms with Gasteiger partial charge in [0.15, 0.2) is 5.92 Å². The zero-order valence-electron chi connectivity index (χ0n) is 38.2. The quantitative estimate of drug-likeness (QED) is 0.0439. The minimum Gasteiger partial charge on any atom is -0.508 e. The topological polar surface area (TPSA) is 216 Å². The number of phenols is 1. The average Bonchev–Trinajstić information content (AvgIpc) is 4.03. The molecule has 2 saturated heterocycles. The second-order valence-electron chi connectivity index (χ2n) is 16.9. The van der Waals surface area contributed by atoms with Crippen LogP contribution in [0.5, 0.6) is 5.75 Å². The van der Waals surface area contributed by atoms with Gasteiger partial charge < -0.3 is 39.1 Å². The summed E-state index contributed by atoms with van der Waals surface area (Å²) in [4.78, 5) is 97.6. The van der Waals surface area contributed by atoms with Gasteiger partial charge in [-0.05, 0) is 64.7 Å². The number of hydrogen-bond donors (Lipinski definition) is 3. The number of imidazole rings is 1. The lowest BCUT2D eigenvalue weighted by atomic mass is 9.65. The highest BCUT2D eigenvalue weighted by Crippen LogP contribution is 2.66. The van der Waals surface area contributed by atoms with Crippen molar-refractivity contribution in [2.24, 2.45) is 11.8 Å². The molecule has 1 spiro atoms. The third kappa shape index (κ3) is 8.26. The number of methoxy groups -OCH3 is 3. The molecule has 17 heteroatoms. The van der Waals surface area contributed by atoms with Crippen molar-refractivity contribution in [3.63, 3.8) is 0 Å². The normalized spacial score (nSPS) is 21.4. The van der Waals surface area contributed by atoms with Gasteiger partial charge >= 0.3 is 24.0 Å². The average molecular weight is 946 g/mol. The molecule has 3 aliphatic heterocycles. The Morgan fingerprint density at radius 2 is 1.49 bits per heavy atom. The molecule has 9 rings (SSSR count). The molecule has 3 amide bonds. The fourth-order valence-electron chi connectivity index (χ4n) is 10.1. The Labute approximate surface area is 401 Å². The Bertz CT molecular complexity index is 2990. The van der Waals surface area contributed by atoms with Gasteiger partial charge in [-0.15, -0.1) is 0 Å². The van der Waals surface area contributed by atoms with Gasteiger partial charge in [0.1, 0.15) is 35.7 Å². The van der Waals surface area contributed by atoms with Crippen molar-refractivity contribution in [3.8, 4) is 17.6 Å². The molecule has 0 bridgehead atoms. The standard InChI is InChI=1S/C53H47N5O12/c1-66-27-28-69-52(65)57-40-26-21-31(13-12-18-36(48(61)67-2)49(62)68-3)29-37(40)53(51(57)64)42(47(60)54-30-41-55-38-19-10-11-20-39(38)56-41)44-50(63)70-45(33-16-8-5-9-17-33)43(32-14-6-4-7-15-32)58(44)46(53)34-22-24-35(59)25-23-34/h4-11,14-17,19-26,29,36,42-46,59H,18,27-28,30H2,1-3H3,(H,54,60)(H,55,56). The molecular formula is C53H47N5O12. The number of amides is 3. The summed E-state index contributed by atoms with van der Waals surface area (Å²) in [6.07, 6.45) is -2.36. The minimum atomic E-state index is -2.18. The van der Waals surface area contributed by atoms with Gasteiger partial charge in [0.25, 0.3) is 0 Å². The number of carbonyl (C=O) groups excluding carboxylic acids is 6. The second kappa shape index (κ2) is 19.7. The van der Waals surface area contributed by atoms with Crippen LogP contribution in [-0.4, -0.2) is 96.4 Å². The van der Waals surface area contributed by atoms with Gasteiger partial charge in [-0.1, -0.05) is 96.8 Å². The van der Waals surface area contributed by atoms with E-state index in [1.54, 1.807) is 24.3 Å². The minimum absolute atomic E-state index is 0.00270. The zero-order valence-corrected chi connectivity index (χ0v) is 38.2. The van der Waals surface area contributed by atoms with Crippen molar-refractivity contribution >= 4 is 52.5 Å². The van der Waals surface area contributed by atoms with Crippen molar-refractivity contribution in [1.82, 2.24) is 20.2 Å². The van der Waals surface area contributed by atoms with Crippen LogP contribution in [0.4, 0.5) is 10.5 Å². The number of anilines is 1. The Morgan fingerprint density at radius 3 is 2.16 bits per heavy atom. The van der Waals surface area contributed by atoms with Crippen LogP contribution in [0.15, 0.2) is 127 Å². The van der Waals surface area contributed by atoms with Gasteiger partial charge in [-0.2, -0.15) is 0 Å². The number of aromatic nitrogens is 2. The Hall–Kier alpha value is -8.33. The van der Waals surface area contributed by atoms with E-state index in [1.165, 1.54) is 25.3 Å². The summed E-state index contributed by atoms with van der Waals surface area (Å²) in [5.74, 6) is -1.03. The van der Waals surface area contributed by atoms with Gasteiger partial charge in [-0.3, -0.25) is 28.9 Å². The van der Waals surface area contributed by atoms with Crippen LogP contribution < -0.4 is 10.2 Å². The summed E-state index contributed by atoms with van der Waals surface area (Å²) in [7, 11) is 3.70. The number of nitrogens with zero attached hydrogens (tertiary/aromatic N) is 3. The van der Waals surface area contributed by atoms with Crippen LogP contribution in [0.2, 0.25) is 0 Å². The zero-order chi connectivity index (χ0) is 49.1. The number of morpholine rings is 1. The highest BCUT2D eigenvalue weighted by atomic mass is 16.6. The van der Waals surface area contributed by atoms with E-state index in [9.17, 15) is 19.5 Å². The smallest absolute Gasteiger partial charge is 0.421 e. The van der Waals surface area contributed by atoms with Gasteiger partial charge in [0, 0.05) is 19.1 Å². The fourth-order valence-corrected chi connectivity index (χ4v) is 10.1. The molecule has 0 saturated carbocycles. The van der Waals surface area contributed by atoms with E-state index >= 15 is 14.4 Å². The number of H-pyrrole nitrogens is 1. The Kier molecular flexibility index (Phi) is 13.2. The fraction of sp³-hybridized carbons (Fsp3) is 0.264. The predicted molar refractivity (Wildman–Crippen MR) is 250 cm³/mol. The second-order valence-corrected chi connectivity index (χ2v) is 16.9. The van der Waals surface area contributed by atoms with Crippen LogP contribution in [0, 0.1) is 23.7 Å². The SMILES string of the molecule is COCCOC(=O)N1C(=O)C2(c3cc(C#CCC(C(=O)OC)C(=O)OC)ccc31)C(C(=O)NCc1nc3ccccc3[nH]1)C1C(=O)OC(c3ccccc3)C(c3ccccc3)N1C2c1ccc(O)cc1. The molecule has 0 radical (unpaired) electrons. The largest absolute Gasteiger partial charge is 0.508 e. The number of esters is 3. The van der Waals surface area contributed by atoms with Crippen molar-refractivity contribution in [2.75, 3.05) is 39.4 Å². The molecule has 3 aliphatic rings. The molecular weight excluding hydrogens is 899 g/mol. The van der Waals surface area contributed by atoms with Crippen molar-refractivity contribution in [3.05, 3.63) is 161 Å².